The largest absolute Gasteiger partial charge is 0.449 e. The minimum Gasteiger partial charge on any atom is -0.449 e. The predicted molar refractivity (Wildman–Crippen MR) is 99.0 cm³/mol. The van der Waals surface area contributed by atoms with Gasteiger partial charge in [0.2, 0.25) is 0 Å². The molecule has 6 nitrogen and oxygen atoms in total. The van der Waals surface area contributed by atoms with Gasteiger partial charge < -0.3 is 19.9 Å². The number of nitrogens with one attached hydrogen (secondary N) is 1. The van der Waals surface area contributed by atoms with Crippen LogP contribution in [0.3, 0.4) is 0 Å². The van der Waals surface area contributed by atoms with Crippen molar-refractivity contribution in [1.29, 1.82) is 0 Å². The molecule has 1 fully saturated rings. The highest BCUT2D eigenvalue weighted by atomic mass is 16.5. The highest BCUT2D eigenvalue weighted by Crippen LogP contribution is 2.17. The van der Waals surface area contributed by atoms with Gasteiger partial charge in [-0.15, -0.1) is 0 Å². The molecule has 2 rings (SSSR count). The smallest absolute Gasteiger partial charge is 0.407 e. The van der Waals surface area contributed by atoms with Crippen molar-refractivity contribution >= 4 is 17.7 Å². The van der Waals surface area contributed by atoms with Crippen LogP contribution in [0.15, 0.2) is 24.3 Å². The lowest BCUT2D eigenvalue weighted by atomic mass is 10.0. The monoisotopic (exact) mass is 347 g/mol. The maximum atomic E-state index is 12.6. The summed E-state index contributed by atoms with van der Waals surface area (Å²) in [5, 5.41) is 2.89. The van der Waals surface area contributed by atoms with E-state index in [1.807, 2.05) is 62.0 Å². The van der Waals surface area contributed by atoms with Gasteiger partial charge >= 0.3 is 6.09 Å². The zero-order chi connectivity index (χ0) is 18.4. The number of hydrogen-bond donors (Lipinski definition) is 1. The summed E-state index contributed by atoms with van der Waals surface area (Å²) in [5.74, 6) is 0.371. The van der Waals surface area contributed by atoms with Crippen molar-refractivity contribution in [3.8, 4) is 0 Å². The average Bonchev–Trinajstić information content (AvgIpc) is 2.60. The molecule has 0 aromatic heterocycles. The lowest BCUT2D eigenvalue weighted by Crippen LogP contribution is -2.46. The van der Waals surface area contributed by atoms with Crippen LogP contribution in [0.25, 0.3) is 0 Å². The number of piperidine rings is 1. The summed E-state index contributed by atoms with van der Waals surface area (Å²) in [7, 11) is 3.95. The first-order chi connectivity index (χ1) is 11.9. The minimum absolute atomic E-state index is 0.0474. The van der Waals surface area contributed by atoms with Crippen LogP contribution in [0.5, 0.6) is 0 Å². The topological polar surface area (TPSA) is 61.9 Å². The van der Waals surface area contributed by atoms with E-state index in [9.17, 15) is 9.59 Å². The normalized spacial score (nSPS) is 15.2. The van der Waals surface area contributed by atoms with Crippen molar-refractivity contribution in [2.45, 2.75) is 32.7 Å². The Morgan fingerprint density at radius 3 is 2.32 bits per heavy atom. The molecule has 1 saturated heterocycles. The number of nitrogens with zero attached hydrogens (tertiary/aromatic N) is 2. The summed E-state index contributed by atoms with van der Waals surface area (Å²) >= 11 is 0. The molecule has 6 heteroatoms. The predicted octanol–water partition coefficient (Wildman–Crippen LogP) is 2.74. The molecule has 1 aliphatic rings. The standard InChI is InChI=1S/C19H29N3O3/c1-14(2)13-25-19(24)20-16-9-11-22(12-10-16)18(23)15-5-7-17(8-6-15)21(3)4/h5-8,14,16H,9-13H2,1-4H3,(H,20,24). The molecule has 0 unspecified atom stereocenters. The molecule has 0 atom stereocenters. The van der Waals surface area contributed by atoms with Crippen molar-refractivity contribution in [3.05, 3.63) is 29.8 Å². The minimum atomic E-state index is -0.363. The number of rotatable bonds is 5. The molecule has 0 radical (unpaired) electrons. The van der Waals surface area contributed by atoms with Crippen LogP contribution < -0.4 is 10.2 Å². The summed E-state index contributed by atoms with van der Waals surface area (Å²) in [6, 6.07) is 7.70. The second-order valence-corrected chi connectivity index (χ2v) is 7.14. The van der Waals surface area contributed by atoms with Gasteiger partial charge in [0.05, 0.1) is 6.61 Å². The van der Waals surface area contributed by atoms with Crippen molar-refractivity contribution in [1.82, 2.24) is 10.2 Å². The maximum Gasteiger partial charge on any atom is 0.407 e. The summed E-state index contributed by atoms with van der Waals surface area (Å²) < 4.78 is 5.15. The van der Waals surface area contributed by atoms with E-state index >= 15 is 0 Å². The number of hydrogen-bond acceptors (Lipinski definition) is 4. The van der Waals surface area contributed by atoms with Gasteiger partial charge in [-0.2, -0.15) is 0 Å². The average molecular weight is 347 g/mol. The first kappa shape index (κ1) is 19.1. The number of carbonyl (C=O) groups is 2. The number of ether oxygens (including phenoxy) is 1. The molecular formula is C19H29N3O3. The van der Waals surface area contributed by atoms with E-state index in [2.05, 4.69) is 5.32 Å². The molecule has 0 bridgehead atoms. The molecule has 0 aliphatic carbocycles. The Hall–Kier alpha value is -2.24. The number of anilines is 1. The van der Waals surface area contributed by atoms with Crippen molar-refractivity contribution in [2.24, 2.45) is 5.92 Å². The summed E-state index contributed by atoms with van der Waals surface area (Å²) in [4.78, 5) is 28.2. The highest BCUT2D eigenvalue weighted by molar-refractivity contribution is 5.94. The number of carbonyl (C=O) groups excluding carboxylic acids is 2. The fraction of sp³-hybridized carbons (Fsp3) is 0.579. The molecule has 25 heavy (non-hydrogen) atoms. The summed E-state index contributed by atoms with van der Waals surface area (Å²) in [5.41, 5.74) is 1.77. The van der Waals surface area contributed by atoms with Crippen LogP contribution in [0, 0.1) is 5.92 Å². The SMILES string of the molecule is CC(C)COC(=O)NC1CCN(C(=O)c2ccc(N(C)C)cc2)CC1. The van der Waals surface area contributed by atoms with Gasteiger partial charge in [0.15, 0.2) is 0 Å². The van der Waals surface area contributed by atoms with Crippen LogP contribution in [0.1, 0.15) is 37.0 Å². The Balaban J connectivity index is 1.81. The van der Waals surface area contributed by atoms with Gasteiger partial charge in [0.1, 0.15) is 0 Å². The molecule has 2 amide bonds. The Morgan fingerprint density at radius 2 is 1.80 bits per heavy atom. The molecular weight excluding hydrogens is 318 g/mol. The second-order valence-electron chi connectivity index (χ2n) is 7.14. The van der Waals surface area contributed by atoms with E-state index in [-0.39, 0.29) is 18.0 Å². The van der Waals surface area contributed by atoms with Crippen LogP contribution in [-0.4, -0.2) is 56.7 Å². The van der Waals surface area contributed by atoms with E-state index in [0.29, 0.717) is 31.2 Å². The quantitative estimate of drug-likeness (QED) is 0.890. The van der Waals surface area contributed by atoms with E-state index < -0.39 is 0 Å². The van der Waals surface area contributed by atoms with E-state index in [1.54, 1.807) is 0 Å². The van der Waals surface area contributed by atoms with Gasteiger partial charge in [0.25, 0.3) is 5.91 Å². The summed E-state index contributed by atoms with van der Waals surface area (Å²) in [6.07, 6.45) is 1.13. The molecule has 1 aromatic carbocycles. The van der Waals surface area contributed by atoms with Crippen molar-refractivity contribution < 1.29 is 14.3 Å². The number of alkyl carbamates (subject to hydrolysis) is 1. The second kappa shape index (κ2) is 8.74. The fourth-order valence-electron chi connectivity index (χ4n) is 2.76. The van der Waals surface area contributed by atoms with Gasteiger partial charge in [0, 0.05) is 44.5 Å². The molecule has 0 spiro atoms. The van der Waals surface area contributed by atoms with Crippen LogP contribution in [0.2, 0.25) is 0 Å². The molecule has 0 saturated carbocycles. The molecule has 1 aliphatic heterocycles. The zero-order valence-electron chi connectivity index (χ0n) is 15.6. The fourth-order valence-corrected chi connectivity index (χ4v) is 2.76. The summed E-state index contributed by atoms with van der Waals surface area (Å²) in [6.45, 7) is 5.71. The third-order valence-corrected chi connectivity index (χ3v) is 4.28. The van der Waals surface area contributed by atoms with E-state index in [0.717, 1.165) is 18.5 Å². The Kier molecular flexibility index (Phi) is 6.67. The van der Waals surface area contributed by atoms with Crippen LogP contribution in [-0.2, 0) is 4.74 Å². The first-order valence-electron chi connectivity index (χ1n) is 8.86. The van der Waals surface area contributed by atoms with Crippen molar-refractivity contribution in [2.75, 3.05) is 38.7 Å². The van der Waals surface area contributed by atoms with Crippen LogP contribution >= 0.6 is 0 Å². The number of likely N-dealkylation sites (tertiary alicyclic amines) is 1. The van der Waals surface area contributed by atoms with Crippen LogP contribution in [0.4, 0.5) is 10.5 Å². The lowest BCUT2D eigenvalue weighted by Gasteiger charge is -2.32. The Morgan fingerprint density at radius 1 is 1.20 bits per heavy atom. The van der Waals surface area contributed by atoms with Gasteiger partial charge in [-0.25, -0.2) is 4.79 Å². The first-order valence-corrected chi connectivity index (χ1v) is 8.86. The highest BCUT2D eigenvalue weighted by Gasteiger charge is 2.25. The third-order valence-electron chi connectivity index (χ3n) is 4.28. The lowest BCUT2D eigenvalue weighted by molar-refractivity contribution is 0.0700. The third kappa shape index (κ3) is 5.66. The Labute approximate surface area is 150 Å². The zero-order valence-corrected chi connectivity index (χ0v) is 15.6. The molecule has 1 heterocycles. The molecule has 138 valence electrons. The molecule has 1 N–H and O–H groups in total. The van der Waals surface area contributed by atoms with Gasteiger partial charge in [-0.3, -0.25) is 4.79 Å². The van der Waals surface area contributed by atoms with E-state index in [1.165, 1.54) is 0 Å². The van der Waals surface area contributed by atoms with E-state index in [4.69, 9.17) is 4.74 Å². The number of benzene rings is 1. The molecule has 1 aromatic rings. The van der Waals surface area contributed by atoms with Gasteiger partial charge in [-0.1, -0.05) is 13.8 Å². The van der Waals surface area contributed by atoms with Crippen molar-refractivity contribution in [3.63, 3.8) is 0 Å². The Bertz CT molecular complexity index is 576. The van der Waals surface area contributed by atoms with Gasteiger partial charge in [-0.05, 0) is 43.0 Å². The maximum absolute atomic E-state index is 12.6. The number of amides is 2.